The molecule has 0 aliphatic heterocycles. The second-order valence-corrected chi connectivity index (χ2v) is 5.49. The molecule has 0 bridgehead atoms. The van der Waals surface area contributed by atoms with Crippen LogP contribution < -0.4 is 5.73 Å². The van der Waals surface area contributed by atoms with E-state index in [-0.39, 0.29) is 5.78 Å². The van der Waals surface area contributed by atoms with E-state index in [1.54, 1.807) is 6.20 Å². The largest absolute Gasteiger partial charge is 0.383 e. The Labute approximate surface area is 120 Å². The molecule has 1 aromatic heterocycles. The summed E-state index contributed by atoms with van der Waals surface area (Å²) in [6.45, 7) is 2.53. The van der Waals surface area contributed by atoms with Gasteiger partial charge in [0.05, 0.1) is 0 Å². The molecule has 0 saturated heterocycles. The highest BCUT2D eigenvalue weighted by Crippen LogP contribution is 2.32. The lowest BCUT2D eigenvalue weighted by Gasteiger charge is -2.31. The standard InChI is InChI=1S/C16H24N2O2/c1-2-20-16(9-5-3-4-6-10-16)14(19)12-13-8-7-11-18-15(13)17/h7-8,11H,2-6,9-10,12H2,1H3,(H2,17,18). The van der Waals surface area contributed by atoms with Gasteiger partial charge in [0.15, 0.2) is 5.78 Å². The molecule has 1 saturated carbocycles. The molecule has 0 unspecified atom stereocenters. The smallest absolute Gasteiger partial charge is 0.169 e. The molecular formula is C16H24N2O2. The molecule has 4 nitrogen and oxygen atoms in total. The van der Waals surface area contributed by atoms with Crippen molar-refractivity contribution >= 4 is 11.6 Å². The van der Waals surface area contributed by atoms with Crippen molar-refractivity contribution in [2.45, 2.75) is 57.5 Å². The van der Waals surface area contributed by atoms with Crippen LogP contribution in [0, 0.1) is 0 Å². The number of carbonyl (C=O) groups excluding carboxylic acids is 1. The van der Waals surface area contributed by atoms with Crippen LogP contribution >= 0.6 is 0 Å². The predicted octanol–water partition coefficient (Wildman–Crippen LogP) is 2.90. The van der Waals surface area contributed by atoms with Crippen molar-refractivity contribution in [2.75, 3.05) is 12.3 Å². The van der Waals surface area contributed by atoms with Crippen LogP contribution in [0.5, 0.6) is 0 Å². The summed E-state index contributed by atoms with van der Waals surface area (Å²) in [4.78, 5) is 16.8. The molecule has 0 spiro atoms. The molecule has 2 rings (SSSR count). The highest BCUT2D eigenvalue weighted by atomic mass is 16.5. The third-order valence-corrected chi connectivity index (χ3v) is 4.12. The van der Waals surface area contributed by atoms with Gasteiger partial charge in [-0.1, -0.05) is 31.7 Å². The maximum atomic E-state index is 12.8. The van der Waals surface area contributed by atoms with Crippen molar-refractivity contribution in [1.29, 1.82) is 0 Å². The summed E-state index contributed by atoms with van der Waals surface area (Å²) in [5.74, 6) is 0.599. The molecule has 1 heterocycles. The van der Waals surface area contributed by atoms with E-state index in [9.17, 15) is 4.79 Å². The van der Waals surface area contributed by atoms with Crippen LogP contribution in [0.4, 0.5) is 5.82 Å². The van der Waals surface area contributed by atoms with E-state index in [0.29, 0.717) is 18.8 Å². The minimum atomic E-state index is -0.604. The fourth-order valence-electron chi connectivity index (χ4n) is 3.01. The van der Waals surface area contributed by atoms with E-state index in [1.165, 1.54) is 12.8 Å². The zero-order valence-electron chi connectivity index (χ0n) is 12.2. The molecule has 1 aliphatic rings. The Hall–Kier alpha value is -1.42. The number of rotatable bonds is 5. The zero-order valence-corrected chi connectivity index (χ0v) is 12.2. The molecule has 0 aromatic carbocycles. The SMILES string of the molecule is CCOC1(C(=O)Cc2cccnc2N)CCCCCC1. The Morgan fingerprint density at radius 3 is 2.65 bits per heavy atom. The average molecular weight is 276 g/mol. The van der Waals surface area contributed by atoms with E-state index in [2.05, 4.69) is 4.98 Å². The van der Waals surface area contributed by atoms with Gasteiger partial charge in [-0.3, -0.25) is 4.79 Å². The van der Waals surface area contributed by atoms with Crippen molar-refractivity contribution in [3.8, 4) is 0 Å². The summed E-state index contributed by atoms with van der Waals surface area (Å²) in [6, 6.07) is 3.69. The number of carbonyl (C=O) groups is 1. The van der Waals surface area contributed by atoms with E-state index in [4.69, 9.17) is 10.5 Å². The number of pyridine rings is 1. The minimum Gasteiger partial charge on any atom is -0.383 e. The summed E-state index contributed by atoms with van der Waals surface area (Å²) in [6.07, 6.45) is 8.14. The minimum absolute atomic E-state index is 0.154. The van der Waals surface area contributed by atoms with Crippen LogP contribution in [0.15, 0.2) is 18.3 Å². The fraction of sp³-hybridized carbons (Fsp3) is 0.625. The Morgan fingerprint density at radius 1 is 1.35 bits per heavy atom. The van der Waals surface area contributed by atoms with Crippen molar-refractivity contribution in [3.63, 3.8) is 0 Å². The van der Waals surface area contributed by atoms with Gasteiger partial charge >= 0.3 is 0 Å². The number of nitrogens with zero attached hydrogens (tertiary/aromatic N) is 1. The van der Waals surface area contributed by atoms with Gasteiger partial charge in [0.25, 0.3) is 0 Å². The molecular weight excluding hydrogens is 252 g/mol. The zero-order chi connectivity index (χ0) is 14.4. The van der Waals surface area contributed by atoms with Crippen molar-refractivity contribution in [3.05, 3.63) is 23.9 Å². The number of hydrogen-bond acceptors (Lipinski definition) is 4. The van der Waals surface area contributed by atoms with E-state index >= 15 is 0 Å². The number of ether oxygens (including phenoxy) is 1. The Bertz CT molecular complexity index is 452. The first kappa shape index (κ1) is 15.0. The summed E-state index contributed by atoms with van der Waals surface area (Å²) in [5, 5.41) is 0. The predicted molar refractivity (Wildman–Crippen MR) is 79.4 cm³/mol. The summed E-state index contributed by atoms with van der Waals surface area (Å²) < 4.78 is 5.91. The third kappa shape index (κ3) is 3.37. The molecule has 20 heavy (non-hydrogen) atoms. The van der Waals surface area contributed by atoms with Gasteiger partial charge in [-0.05, 0) is 25.8 Å². The van der Waals surface area contributed by atoms with E-state index in [1.807, 2.05) is 19.1 Å². The summed E-state index contributed by atoms with van der Waals surface area (Å²) in [7, 11) is 0. The van der Waals surface area contributed by atoms with Gasteiger partial charge in [-0.15, -0.1) is 0 Å². The quantitative estimate of drug-likeness (QED) is 0.840. The van der Waals surface area contributed by atoms with Crippen LogP contribution in [-0.2, 0) is 16.0 Å². The molecule has 0 atom stereocenters. The monoisotopic (exact) mass is 276 g/mol. The second kappa shape index (κ2) is 6.84. The number of hydrogen-bond donors (Lipinski definition) is 1. The molecule has 0 radical (unpaired) electrons. The van der Waals surface area contributed by atoms with Crippen LogP contribution in [0.1, 0.15) is 51.0 Å². The van der Waals surface area contributed by atoms with Crippen LogP contribution in [0.3, 0.4) is 0 Å². The lowest BCUT2D eigenvalue weighted by molar-refractivity contribution is -0.145. The van der Waals surface area contributed by atoms with Gasteiger partial charge < -0.3 is 10.5 Å². The molecule has 1 fully saturated rings. The van der Waals surface area contributed by atoms with Gasteiger partial charge in [-0.2, -0.15) is 0 Å². The topological polar surface area (TPSA) is 65.2 Å². The number of Topliss-reactive ketones (excluding diaryl/α,β-unsaturated/α-hetero) is 1. The Balaban J connectivity index is 2.16. The van der Waals surface area contributed by atoms with Crippen molar-refractivity contribution in [1.82, 2.24) is 4.98 Å². The number of nitrogens with two attached hydrogens (primary N) is 1. The first-order valence-corrected chi connectivity index (χ1v) is 7.54. The second-order valence-electron chi connectivity index (χ2n) is 5.49. The molecule has 0 amide bonds. The first-order valence-electron chi connectivity index (χ1n) is 7.54. The van der Waals surface area contributed by atoms with Crippen LogP contribution in [0.25, 0.3) is 0 Å². The Morgan fingerprint density at radius 2 is 2.05 bits per heavy atom. The number of aromatic nitrogens is 1. The van der Waals surface area contributed by atoms with E-state index in [0.717, 1.165) is 31.2 Å². The third-order valence-electron chi connectivity index (χ3n) is 4.12. The first-order chi connectivity index (χ1) is 9.68. The normalized spacial score (nSPS) is 18.4. The Kier molecular flexibility index (Phi) is 5.12. The highest BCUT2D eigenvalue weighted by molar-refractivity contribution is 5.90. The molecule has 1 aliphatic carbocycles. The molecule has 2 N–H and O–H groups in total. The summed E-state index contributed by atoms with van der Waals surface area (Å²) >= 11 is 0. The van der Waals surface area contributed by atoms with Gasteiger partial charge in [0.2, 0.25) is 0 Å². The van der Waals surface area contributed by atoms with Gasteiger partial charge in [-0.25, -0.2) is 4.98 Å². The maximum Gasteiger partial charge on any atom is 0.169 e. The lowest BCUT2D eigenvalue weighted by Crippen LogP contribution is -2.42. The number of ketones is 1. The average Bonchev–Trinajstić information content (AvgIpc) is 2.68. The van der Waals surface area contributed by atoms with Crippen LogP contribution in [0.2, 0.25) is 0 Å². The van der Waals surface area contributed by atoms with Crippen molar-refractivity contribution < 1.29 is 9.53 Å². The molecule has 110 valence electrons. The summed E-state index contributed by atoms with van der Waals surface area (Å²) in [5.41, 5.74) is 6.04. The number of anilines is 1. The maximum absolute atomic E-state index is 12.8. The van der Waals surface area contributed by atoms with Gasteiger partial charge in [0, 0.05) is 24.8 Å². The van der Waals surface area contributed by atoms with E-state index < -0.39 is 5.60 Å². The lowest BCUT2D eigenvalue weighted by atomic mass is 9.86. The molecule has 4 heteroatoms. The van der Waals surface area contributed by atoms with Crippen LogP contribution in [-0.4, -0.2) is 23.0 Å². The fourth-order valence-corrected chi connectivity index (χ4v) is 3.01. The molecule has 1 aromatic rings. The van der Waals surface area contributed by atoms with Gasteiger partial charge in [0.1, 0.15) is 11.4 Å². The highest BCUT2D eigenvalue weighted by Gasteiger charge is 2.38. The van der Waals surface area contributed by atoms with Crippen molar-refractivity contribution in [2.24, 2.45) is 0 Å². The number of nitrogen functional groups attached to an aromatic ring is 1.